The van der Waals surface area contributed by atoms with Crippen LogP contribution in [0.25, 0.3) is 11.1 Å². The topological polar surface area (TPSA) is 114 Å². The van der Waals surface area contributed by atoms with E-state index in [1.807, 2.05) is 36.4 Å². The molecule has 1 aliphatic carbocycles. The van der Waals surface area contributed by atoms with Crippen LogP contribution in [0.15, 0.2) is 48.5 Å². The average Bonchev–Trinajstić information content (AvgIpc) is 3.30. The molecule has 1 heterocycles. The van der Waals surface area contributed by atoms with Gasteiger partial charge in [0.25, 0.3) is 0 Å². The third kappa shape index (κ3) is 4.57. The summed E-state index contributed by atoms with van der Waals surface area (Å²) in [6.07, 6.45) is -0.808. The van der Waals surface area contributed by atoms with E-state index in [1.165, 1.54) is 0 Å². The van der Waals surface area contributed by atoms with Gasteiger partial charge in [-0.05, 0) is 36.1 Å². The van der Waals surface area contributed by atoms with Crippen LogP contribution < -0.4 is 10.6 Å². The number of aliphatic carboxylic acids is 1. The first-order valence-electron chi connectivity index (χ1n) is 11.0. The minimum atomic E-state index is -1.03. The number of amides is 2. The van der Waals surface area contributed by atoms with Crippen molar-refractivity contribution >= 4 is 18.0 Å². The Kier molecular flexibility index (Phi) is 6.37. The number of benzene rings is 2. The fraction of sp³-hybridized carbons (Fsp3) is 0.400. The molecule has 0 spiro atoms. The number of alkyl carbamates (subject to hydrolysis) is 1. The standard InChI is InChI=1S/C25H28N2O6/c1-15(11-22(28)29)26-23(30)25(2)14-32-13-21(25)27-24(31)33-12-20-18-9-5-3-7-16(18)17-8-4-6-10-19(17)20/h3-10,15,20-21H,11-14H2,1-2H3,(H,26,30)(H,27,31)(H,28,29). The van der Waals surface area contributed by atoms with Gasteiger partial charge in [0, 0.05) is 12.0 Å². The van der Waals surface area contributed by atoms with Crippen LogP contribution >= 0.6 is 0 Å². The maximum atomic E-state index is 12.8. The van der Waals surface area contributed by atoms with E-state index >= 15 is 0 Å². The molecule has 3 unspecified atom stereocenters. The zero-order valence-electron chi connectivity index (χ0n) is 18.7. The molecule has 2 aliphatic rings. The second-order valence-corrected chi connectivity index (χ2v) is 8.93. The molecule has 1 saturated heterocycles. The molecular weight excluding hydrogens is 424 g/mol. The molecule has 0 bridgehead atoms. The van der Waals surface area contributed by atoms with E-state index in [0.717, 1.165) is 22.3 Å². The summed E-state index contributed by atoms with van der Waals surface area (Å²) in [5, 5.41) is 14.4. The number of carboxylic acids is 1. The maximum Gasteiger partial charge on any atom is 0.407 e. The van der Waals surface area contributed by atoms with Crippen LogP contribution in [0.2, 0.25) is 0 Å². The van der Waals surface area contributed by atoms with E-state index in [-0.39, 0.29) is 38.1 Å². The highest BCUT2D eigenvalue weighted by molar-refractivity contribution is 5.85. The number of carboxylic acid groups (broad SMARTS) is 1. The quantitative estimate of drug-likeness (QED) is 0.595. The zero-order valence-corrected chi connectivity index (χ0v) is 18.7. The molecule has 1 fully saturated rings. The summed E-state index contributed by atoms with van der Waals surface area (Å²) in [6, 6.07) is 15.0. The fourth-order valence-corrected chi connectivity index (χ4v) is 4.58. The predicted molar refractivity (Wildman–Crippen MR) is 121 cm³/mol. The minimum absolute atomic E-state index is 0.0606. The van der Waals surface area contributed by atoms with E-state index in [2.05, 4.69) is 22.8 Å². The van der Waals surface area contributed by atoms with Crippen LogP contribution in [0, 0.1) is 5.41 Å². The van der Waals surface area contributed by atoms with Gasteiger partial charge in [-0.15, -0.1) is 0 Å². The monoisotopic (exact) mass is 452 g/mol. The number of carbonyl (C=O) groups excluding carboxylic acids is 2. The largest absolute Gasteiger partial charge is 0.481 e. The van der Waals surface area contributed by atoms with Gasteiger partial charge in [-0.25, -0.2) is 4.79 Å². The van der Waals surface area contributed by atoms with Crippen molar-refractivity contribution in [3.05, 3.63) is 59.7 Å². The second kappa shape index (κ2) is 9.23. The number of hydrogen-bond donors (Lipinski definition) is 3. The number of ether oxygens (including phenoxy) is 2. The van der Waals surface area contributed by atoms with Crippen LogP contribution in [-0.4, -0.2) is 55.0 Å². The molecule has 2 aromatic carbocycles. The number of hydrogen-bond acceptors (Lipinski definition) is 5. The lowest BCUT2D eigenvalue weighted by molar-refractivity contribution is -0.138. The van der Waals surface area contributed by atoms with E-state index in [0.29, 0.717) is 0 Å². The summed E-state index contributed by atoms with van der Waals surface area (Å²) in [5.74, 6) is -1.42. The predicted octanol–water partition coefficient (Wildman–Crippen LogP) is 2.91. The average molecular weight is 453 g/mol. The summed E-state index contributed by atoms with van der Waals surface area (Å²) < 4.78 is 11.1. The molecule has 8 heteroatoms. The van der Waals surface area contributed by atoms with Gasteiger partial charge >= 0.3 is 12.1 Å². The van der Waals surface area contributed by atoms with Crippen LogP contribution in [-0.2, 0) is 19.1 Å². The first-order chi connectivity index (χ1) is 15.8. The molecule has 0 saturated carbocycles. The van der Waals surface area contributed by atoms with Gasteiger partial charge in [0.2, 0.25) is 5.91 Å². The summed E-state index contributed by atoms with van der Waals surface area (Å²) in [5.41, 5.74) is 3.50. The second-order valence-electron chi connectivity index (χ2n) is 8.93. The van der Waals surface area contributed by atoms with Gasteiger partial charge in [-0.1, -0.05) is 48.5 Å². The molecule has 2 aromatic rings. The Bertz CT molecular complexity index is 1020. The van der Waals surface area contributed by atoms with Gasteiger partial charge in [0.05, 0.1) is 31.1 Å². The molecule has 3 atom stereocenters. The molecule has 1 aliphatic heterocycles. The molecular formula is C25H28N2O6. The lowest BCUT2D eigenvalue weighted by Crippen LogP contribution is -2.55. The minimum Gasteiger partial charge on any atom is -0.481 e. The Morgan fingerprint density at radius 2 is 1.73 bits per heavy atom. The van der Waals surface area contributed by atoms with Crippen molar-refractivity contribution in [1.29, 1.82) is 0 Å². The van der Waals surface area contributed by atoms with E-state index < -0.39 is 29.6 Å². The Labute approximate surface area is 192 Å². The van der Waals surface area contributed by atoms with E-state index in [4.69, 9.17) is 14.6 Å². The molecule has 174 valence electrons. The highest BCUT2D eigenvalue weighted by Crippen LogP contribution is 2.44. The molecule has 3 N–H and O–H groups in total. The Morgan fingerprint density at radius 1 is 1.12 bits per heavy atom. The van der Waals surface area contributed by atoms with Crippen LogP contribution in [0.4, 0.5) is 4.79 Å². The highest BCUT2D eigenvalue weighted by atomic mass is 16.5. The van der Waals surface area contributed by atoms with Crippen molar-refractivity contribution in [3.63, 3.8) is 0 Å². The molecule has 33 heavy (non-hydrogen) atoms. The van der Waals surface area contributed by atoms with Gasteiger partial charge in [-0.2, -0.15) is 0 Å². The van der Waals surface area contributed by atoms with Crippen molar-refractivity contribution in [2.75, 3.05) is 19.8 Å². The fourth-order valence-electron chi connectivity index (χ4n) is 4.58. The maximum absolute atomic E-state index is 12.8. The summed E-state index contributed by atoms with van der Waals surface area (Å²) in [4.78, 5) is 36.4. The van der Waals surface area contributed by atoms with Crippen molar-refractivity contribution in [2.45, 2.75) is 38.3 Å². The van der Waals surface area contributed by atoms with Crippen molar-refractivity contribution < 1.29 is 29.0 Å². The van der Waals surface area contributed by atoms with Crippen molar-refractivity contribution in [3.8, 4) is 11.1 Å². The smallest absolute Gasteiger partial charge is 0.407 e. The molecule has 0 aromatic heterocycles. The highest BCUT2D eigenvalue weighted by Gasteiger charge is 2.47. The first kappa shape index (κ1) is 22.8. The number of carbonyl (C=O) groups is 3. The summed E-state index contributed by atoms with van der Waals surface area (Å²) >= 11 is 0. The van der Waals surface area contributed by atoms with Gasteiger partial charge in [-0.3, -0.25) is 9.59 Å². The third-order valence-electron chi connectivity index (χ3n) is 6.47. The molecule has 2 amide bonds. The number of nitrogens with one attached hydrogen (secondary N) is 2. The Hall–Kier alpha value is -3.39. The number of rotatable bonds is 7. The molecule has 8 nitrogen and oxygen atoms in total. The first-order valence-corrected chi connectivity index (χ1v) is 11.0. The van der Waals surface area contributed by atoms with Crippen LogP contribution in [0.1, 0.15) is 37.3 Å². The van der Waals surface area contributed by atoms with E-state index in [9.17, 15) is 14.4 Å². The van der Waals surface area contributed by atoms with Crippen molar-refractivity contribution in [2.24, 2.45) is 5.41 Å². The molecule has 0 radical (unpaired) electrons. The summed E-state index contributed by atoms with van der Waals surface area (Å²) in [7, 11) is 0. The normalized spacial score (nSPS) is 22.2. The van der Waals surface area contributed by atoms with Gasteiger partial charge in [0.1, 0.15) is 6.61 Å². The number of fused-ring (bicyclic) bond motifs is 3. The SMILES string of the molecule is CC(CC(=O)O)NC(=O)C1(C)COCC1NC(=O)OCC1c2ccccc2-c2ccccc21. The lowest BCUT2D eigenvalue weighted by Gasteiger charge is -2.30. The summed E-state index contributed by atoms with van der Waals surface area (Å²) in [6.45, 7) is 3.77. The van der Waals surface area contributed by atoms with Gasteiger partial charge < -0.3 is 25.2 Å². The Morgan fingerprint density at radius 3 is 2.33 bits per heavy atom. The van der Waals surface area contributed by atoms with Crippen molar-refractivity contribution in [1.82, 2.24) is 10.6 Å². The third-order valence-corrected chi connectivity index (χ3v) is 6.47. The zero-order chi connectivity index (χ0) is 23.6. The van der Waals surface area contributed by atoms with E-state index in [1.54, 1.807) is 13.8 Å². The van der Waals surface area contributed by atoms with Gasteiger partial charge in [0.15, 0.2) is 0 Å². The Balaban J connectivity index is 1.39. The van der Waals surface area contributed by atoms with Crippen LogP contribution in [0.3, 0.4) is 0 Å². The molecule has 4 rings (SSSR count). The lowest BCUT2D eigenvalue weighted by atomic mass is 9.84. The van der Waals surface area contributed by atoms with Crippen LogP contribution in [0.5, 0.6) is 0 Å².